The number of methoxy groups -OCH3 is 1. The average Bonchev–Trinajstić information content (AvgIpc) is 2.96. The number of thioether (sulfide) groups is 1. The molecular formula is C17H12ClN3O4S. The molecule has 9 heteroatoms. The smallest absolute Gasteiger partial charge is 0.311 e. The fourth-order valence-corrected chi connectivity index (χ4v) is 3.30. The highest BCUT2D eigenvalue weighted by Crippen LogP contribution is 2.35. The van der Waals surface area contributed by atoms with E-state index in [4.69, 9.17) is 16.3 Å². The number of nitro groups is 1. The van der Waals surface area contributed by atoms with Crippen LogP contribution >= 0.6 is 23.4 Å². The molecular weight excluding hydrogens is 378 g/mol. The minimum Gasteiger partial charge on any atom is -0.490 e. The number of hydrogen-bond donors (Lipinski definition) is 1. The minimum atomic E-state index is -0.535. The van der Waals surface area contributed by atoms with Crippen LogP contribution in [0.2, 0.25) is 5.02 Å². The molecule has 0 aromatic heterocycles. The van der Waals surface area contributed by atoms with E-state index in [1.165, 1.54) is 25.3 Å². The zero-order valence-electron chi connectivity index (χ0n) is 13.4. The molecule has 1 saturated heterocycles. The number of nitrogens with zero attached hydrogens (tertiary/aromatic N) is 2. The van der Waals surface area contributed by atoms with Gasteiger partial charge >= 0.3 is 5.69 Å². The Balaban J connectivity index is 1.94. The predicted molar refractivity (Wildman–Crippen MR) is 102 cm³/mol. The topological polar surface area (TPSA) is 93.8 Å². The number of hydrogen-bond acceptors (Lipinski definition) is 6. The van der Waals surface area contributed by atoms with Crippen LogP contribution in [0, 0.1) is 10.1 Å². The van der Waals surface area contributed by atoms with Crippen LogP contribution < -0.4 is 10.1 Å². The third-order valence-corrected chi connectivity index (χ3v) is 4.67. The lowest BCUT2D eigenvalue weighted by Gasteiger charge is -2.05. The molecule has 0 aliphatic carbocycles. The standard InChI is InChI=1S/C17H12ClN3O4S/c1-25-15-10(5-4-8-13(15)21(23)24)9-14-16(22)20-17(26-14)19-12-7-3-2-6-11(12)18/h2-9H,1H3,(H,19,20,22)/b14-9+. The molecule has 0 bridgehead atoms. The predicted octanol–water partition coefficient (Wildman–Crippen LogP) is 4.15. The van der Waals surface area contributed by atoms with Crippen molar-refractivity contribution in [2.45, 2.75) is 0 Å². The molecule has 2 aromatic rings. The molecule has 0 atom stereocenters. The van der Waals surface area contributed by atoms with Crippen LogP contribution in [0.15, 0.2) is 52.4 Å². The maximum atomic E-state index is 12.2. The Morgan fingerprint density at radius 1 is 1.27 bits per heavy atom. The molecule has 7 nitrogen and oxygen atoms in total. The summed E-state index contributed by atoms with van der Waals surface area (Å²) in [5, 5.41) is 14.6. The van der Waals surface area contributed by atoms with E-state index in [-0.39, 0.29) is 17.3 Å². The number of halogens is 1. The van der Waals surface area contributed by atoms with Gasteiger partial charge in [-0.1, -0.05) is 35.9 Å². The molecule has 1 aliphatic rings. The Morgan fingerprint density at radius 2 is 2.04 bits per heavy atom. The van der Waals surface area contributed by atoms with E-state index in [1.807, 2.05) is 0 Å². The van der Waals surface area contributed by atoms with Gasteiger partial charge < -0.3 is 10.1 Å². The van der Waals surface area contributed by atoms with Crippen LogP contribution in [0.5, 0.6) is 5.75 Å². The summed E-state index contributed by atoms with van der Waals surface area (Å²) in [6.45, 7) is 0. The Bertz CT molecular complexity index is 959. The molecule has 1 N–H and O–H groups in total. The van der Waals surface area contributed by atoms with Crippen LogP contribution in [0.1, 0.15) is 5.56 Å². The summed E-state index contributed by atoms with van der Waals surface area (Å²) in [5.74, 6) is -0.260. The summed E-state index contributed by atoms with van der Waals surface area (Å²) >= 11 is 7.18. The number of carbonyl (C=O) groups excluding carboxylic acids is 1. The lowest BCUT2D eigenvalue weighted by atomic mass is 10.1. The van der Waals surface area contributed by atoms with Gasteiger partial charge in [-0.3, -0.25) is 14.9 Å². The van der Waals surface area contributed by atoms with Gasteiger partial charge in [0.25, 0.3) is 5.91 Å². The number of nitro benzene ring substituents is 1. The van der Waals surface area contributed by atoms with Gasteiger partial charge in [0.05, 0.1) is 27.6 Å². The molecule has 132 valence electrons. The van der Waals surface area contributed by atoms with Gasteiger partial charge in [-0.25, -0.2) is 4.99 Å². The lowest BCUT2D eigenvalue weighted by molar-refractivity contribution is -0.385. The Hall–Kier alpha value is -2.84. The number of para-hydroxylation sites is 2. The summed E-state index contributed by atoms with van der Waals surface area (Å²) in [6.07, 6.45) is 1.53. The first-order valence-electron chi connectivity index (χ1n) is 7.35. The maximum absolute atomic E-state index is 12.2. The average molecular weight is 390 g/mol. The van der Waals surface area contributed by atoms with E-state index < -0.39 is 4.92 Å². The van der Waals surface area contributed by atoms with E-state index in [0.717, 1.165) is 11.8 Å². The van der Waals surface area contributed by atoms with Crippen LogP contribution in [0.4, 0.5) is 11.4 Å². The first kappa shape index (κ1) is 18.0. The third-order valence-electron chi connectivity index (χ3n) is 3.44. The zero-order chi connectivity index (χ0) is 18.7. The fourth-order valence-electron chi connectivity index (χ4n) is 2.30. The number of nitrogens with one attached hydrogen (secondary N) is 1. The quantitative estimate of drug-likeness (QED) is 0.481. The largest absolute Gasteiger partial charge is 0.490 e. The van der Waals surface area contributed by atoms with Gasteiger partial charge in [-0.15, -0.1) is 0 Å². The van der Waals surface area contributed by atoms with E-state index in [0.29, 0.717) is 26.3 Å². The highest BCUT2D eigenvalue weighted by molar-refractivity contribution is 8.18. The third kappa shape index (κ3) is 3.71. The molecule has 1 heterocycles. The van der Waals surface area contributed by atoms with E-state index in [2.05, 4.69) is 10.3 Å². The second kappa shape index (κ2) is 7.59. The number of benzene rings is 2. The first-order chi connectivity index (χ1) is 12.5. The fraction of sp³-hybridized carbons (Fsp3) is 0.0588. The Labute approximate surface area is 157 Å². The van der Waals surface area contributed by atoms with Crippen LogP contribution in [0.3, 0.4) is 0 Å². The van der Waals surface area contributed by atoms with Gasteiger partial charge in [-0.2, -0.15) is 0 Å². The molecule has 1 amide bonds. The molecule has 0 unspecified atom stereocenters. The van der Waals surface area contributed by atoms with Crippen LogP contribution in [-0.2, 0) is 4.79 Å². The van der Waals surface area contributed by atoms with Gasteiger partial charge in [0.1, 0.15) is 0 Å². The Kier molecular flexibility index (Phi) is 5.24. The van der Waals surface area contributed by atoms with Gasteiger partial charge in [0.15, 0.2) is 5.17 Å². The van der Waals surface area contributed by atoms with Crippen molar-refractivity contribution in [2.75, 3.05) is 7.11 Å². The van der Waals surface area contributed by atoms with Crippen molar-refractivity contribution in [1.82, 2.24) is 5.32 Å². The number of rotatable bonds is 4. The second-order valence-corrected chi connectivity index (χ2v) is 6.53. The summed E-state index contributed by atoms with van der Waals surface area (Å²) in [4.78, 5) is 27.4. The number of amidine groups is 1. The normalized spacial score (nSPS) is 16.8. The van der Waals surface area contributed by atoms with Gasteiger partial charge in [0.2, 0.25) is 5.75 Å². The van der Waals surface area contributed by atoms with Crippen molar-refractivity contribution in [3.05, 3.63) is 68.1 Å². The molecule has 3 rings (SSSR count). The minimum absolute atomic E-state index is 0.0925. The van der Waals surface area contributed by atoms with Crippen molar-refractivity contribution in [2.24, 2.45) is 4.99 Å². The SMILES string of the molecule is COc1c(/C=C2/SC(=Nc3ccccc3Cl)NC2=O)cccc1[N+](=O)[O-]. The lowest BCUT2D eigenvalue weighted by Crippen LogP contribution is -2.19. The summed E-state index contributed by atoms with van der Waals surface area (Å²) in [6, 6.07) is 11.5. The van der Waals surface area contributed by atoms with E-state index in [9.17, 15) is 14.9 Å². The Morgan fingerprint density at radius 3 is 2.73 bits per heavy atom. The van der Waals surface area contributed by atoms with Crippen molar-refractivity contribution in [3.8, 4) is 5.75 Å². The summed E-state index contributed by atoms with van der Waals surface area (Å²) in [5.41, 5.74) is 0.791. The van der Waals surface area contributed by atoms with Crippen LogP contribution in [-0.4, -0.2) is 23.1 Å². The maximum Gasteiger partial charge on any atom is 0.311 e. The van der Waals surface area contributed by atoms with Crippen molar-refractivity contribution in [3.63, 3.8) is 0 Å². The van der Waals surface area contributed by atoms with E-state index in [1.54, 1.807) is 30.3 Å². The number of aliphatic imine (C=N–C) groups is 1. The van der Waals surface area contributed by atoms with Crippen molar-refractivity contribution < 1.29 is 14.5 Å². The molecule has 0 saturated carbocycles. The highest BCUT2D eigenvalue weighted by atomic mass is 35.5. The summed E-state index contributed by atoms with van der Waals surface area (Å²) < 4.78 is 5.15. The number of ether oxygens (including phenoxy) is 1. The molecule has 2 aromatic carbocycles. The number of carbonyl (C=O) groups is 1. The second-order valence-electron chi connectivity index (χ2n) is 5.09. The highest BCUT2D eigenvalue weighted by Gasteiger charge is 2.26. The van der Waals surface area contributed by atoms with E-state index >= 15 is 0 Å². The molecule has 1 fully saturated rings. The van der Waals surface area contributed by atoms with Crippen molar-refractivity contribution >= 4 is 51.9 Å². The van der Waals surface area contributed by atoms with Gasteiger partial charge in [-0.05, 0) is 30.0 Å². The first-order valence-corrected chi connectivity index (χ1v) is 8.54. The monoisotopic (exact) mass is 389 g/mol. The molecule has 0 spiro atoms. The number of amides is 1. The molecule has 26 heavy (non-hydrogen) atoms. The molecule has 0 radical (unpaired) electrons. The van der Waals surface area contributed by atoms with Crippen molar-refractivity contribution in [1.29, 1.82) is 0 Å². The zero-order valence-corrected chi connectivity index (χ0v) is 15.0. The van der Waals surface area contributed by atoms with Gasteiger partial charge in [0, 0.05) is 11.6 Å². The molecule has 1 aliphatic heterocycles. The summed E-state index contributed by atoms with van der Waals surface area (Å²) in [7, 11) is 1.34. The van der Waals surface area contributed by atoms with Crippen LogP contribution in [0.25, 0.3) is 6.08 Å².